The Kier molecular flexibility index (Phi) is 8.40. The van der Waals surface area contributed by atoms with Gasteiger partial charge in [0.15, 0.2) is 0 Å². The Morgan fingerprint density at radius 2 is 1.07 bits per heavy atom. The maximum atomic E-state index is 9.88. The average Bonchev–Trinajstić information content (AvgIpc) is 3.86. The van der Waals surface area contributed by atoms with Crippen molar-refractivity contribution in [2.45, 2.75) is 0 Å². The van der Waals surface area contributed by atoms with E-state index >= 15 is 0 Å². The summed E-state index contributed by atoms with van der Waals surface area (Å²) >= 11 is 1.85. The third-order valence-electron chi connectivity index (χ3n) is 11.4. The number of aromatic nitrogens is 1. The first-order valence-electron chi connectivity index (χ1n) is 19.8. The first-order chi connectivity index (χ1) is 29.2. The molecule has 0 bridgehead atoms. The van der Waals surface area contributed by atoms with E-state index in [1.165, 1.54) is 47.6 Å². The summed E-state index contributed by atoms with van der Waals surface area (Å²) in [6.07, 6.45) is 0. The fourth-order valence-corrected chi connectivity index (χ4v) is 9.94. The van der Waals surface area contributed by atoms with Crippen molar-refractivity contribution in [2.24, 2.45) is 0 Å². The topological polar surface area (TPSA) is 32.0 Å². The van der Waals surface area contributed by atoms with Crippen LogP contribution in [0.2, 0.25) is 0 Å². The lowest BCUT2D eigenvalue weighted by Crippen LogP contribution is -2.12. The van der Waals surface area contributed by atoms with Gasteiger partial charge in [-0.05, 0) is 77.4 Å². The number of hydrogen-bond donors (Lipinski definition) is 0. The number of benzene rings is 9. The smallest absolute Gasteiger partial charge is 0.0991 e. The predicted molar refractivity (Wildman–Crippen MR) is 249 cm³/mol. The molecule has 0 aliphatic heterocycles. The van der Waals surface area contributed by atoms with E-state index in [-0.39, 0.29) is 0 Å². The van der Waals surface area contributed by atoms with Gasteiger partial charge in [-0.25, -0.2) is 0 Å². The van der Waals surface area contributed by atoms with Gasteiger partial charge in [-0.1, -0.05) is 152 Å². The normalized spacial score (nSPS) is 11.4. The van der Waals surface area contributed by atoms with E-state index in [4.69, 9.17) is 0 Å². The second kappa shape index (κ2) is 14.3. The van der Waals surface area contributed by atoms with Gasteiger partial charge < -0.3 is 9.47 Å². The lowest BCUT2D eigenvalue weighted by atomic mass is 9.95. The lowest BCUT2D eigenvalue weighted by Gasteiger charge is -2.29. The molecule has 3 nitrogen and oxygen atoms in total. The number of anilines is 3. The summed E-state index contributed by atoms with van der Waals surface area (Å²) < 4.78 is 4.96. The first-order valence-corrected chi connectivity index (χ1v) is 20.6. The van der Waals surface area contributed by atoms with Crippen LogP contribution >= 0.6 is 11.3 Å². The average molecular weight is 770 g/mol. The molecule has 59 heavy (non-hydrogen) atoms. The molecule has 11 rings (SSSR count). The minimum Gasteiger partial charge on any atom is -0.310 e. The summed E-state index contributed by atoms with van der Waals surface area (Å²) in [6.45, 7) is 0. The van der Waals surface area contributed by atoms with Crippen LogP contribution in [0.1, 0.15) is 5.56 Å². The third kappa shape index (κ3) is 5.87. The Morgan fingerprint density at radius 1 is 0.424 bits per heavy atom. The molecule has 0 unspecified atom stereocenters. The molecule has 9 aromatic carbocycles. The maximum Gasteiger partial charge on any atom is 0.0991 e. The van der Waals surface area contributed by atoms with Crippen LogP contribution in [0.25, 0.3) is 81.0 Å². The summed E-state index contributed by atoms with van der Waals surface area (Å²) in [7, 11) is 0. The molecule has 0 atom stereocenters. The molecule has 0 N–H and O–H groups in total. The van der Waals surface area contributed by atoms with E-state index in [1.54, 1.807) is 0 Å². The van der Waals surface area contributed by atoms with Gasteiger partial charge >= 0.3 is 0 Å². The number of nitriles is 1. The molecule has 0 amide bonds. The molecule has 0 aliphatic carbocycles. The van der Waals surface area contributed by atoms with Crippen LogP contribution in [0.5, 0.6) is 0 Å². The summed E-state index contributed by atoms with van der Waals surface area (Å²) in [5.41, 5.74) is 13.9. The molecule has 0 fully saturated rings. The molecule has 2 aromatic heterocycles. The van der Waals surface area contributed by atoms with E-state index in [9.17, 15) is 5.26 Å². The Morgan fingerprint density at radius 3 is 1.88 bits per heavy atom. The van der Waals surface area contributed by atoms with Crippen molar-refractivity contribution in [3.8, 4) is 45.1 Å². The standard InChI is InChI=1S/C55H35N3S/c56-36-37-26-29-41(30-27-37)57(42-31-33-45-44-19-8-11-24-51(44)58(53(45)35-42)50-23-10-7-18-43(50)39-16-5-2-6-17-39)52-34-40(38-14-3-1-4-15-38)28-32-46(52)48-21-13-22-49-47-20-9-12-25-54(47)59-55(48)49/h1-35H. The van der Waals surface area contributed by atoms with Crippen LogP contribution in [-0.4, -0.2) is 4.57 Å². The van der Waals surface area contributed by atoms with E-state index in [1.807, 2.05) is 23.5 Å². The van der Waals surface area contributed by atoms with Gasteiger partial charge in [0.2, 0.25) is 0 Å². The van der Waals surface area contributed by atoms with Crippen molar-refractivity contribution in [3.05, 3.63) is 218 Å². The molecule has 11 aromatic rings. The molecular weight excluding hydrogens is 735 g/mol. The Labute approximate surface area is 346 Å². The van der Waals surface area contributed by atoms with Gasteiger partial charge in [-0.3, -0.25) is 0 Å². The predicted octanol–water partition coefficient (Wildman–Crippen LogP) is 15.5. The van der Waals surface area contributed by atoms with Gasteiger partial charge in [-0.2, -0.15) is 5.26 Å². The quantitative estimate of drug-likeness (QED) is 0.162. The summed E-state index contributed by atoms with van der Waals surface area (Å²) in [4.78, 5) is 2.37. The third-order valence-corrected chi connectivity index (χ3v) is 12.7. The van der Waals surface area contributed by atoms with Gasteiger partial charge in [0.05, 0.1) is 34.0 Å². The highest BCUT2D eigenvalue weighted by Crippen LogP contribution is 2.48. The monoisotopic (exact) mass is 769 g/mol. The van der Waals surface area contributed by atoms with Crippen LogP contribution in [0.15, 0.2) is 212 Å². The Balaban J connectivity index is 1.21. The van der Waals surface area contributed by atoms with Crippen molar-refractivity contribution < 1.29 is 0 Å². The van der Waals surface area contributed by atoms with Gasteiger partial charge in [-0.15, -0.1) is 11.3 Å². The van der Waals surface area contributed by atoms with E-state index < -0.39 is 0 Å². The number of hydrogen-bond acceptors (Lipinski definition) is 3. The SMILES string of the molecule is N#Cc1ccc(N(c2ccc3c4ccccc4n(-c4ccccc4-c4ccccc4)c3c2)c2cc(-c3ccccc3)ccc2-c2cccc3c2sc2ccccc23)cc1. The Bertz CT molecular complexity index is 3390. The molecule has 0 aliphatic rings. The van der Waals surface area contributed by atoms with Crippen LogP contribution in [0.4, 0.5) is 17.1 Å². The van der Waals surface area contributed by atoms with E-state index in [0.717, 1.165) is 50.5 Å². The number of fused-ring (bicyclic) bond motifs is 6. The van der Waals surface area contributed by atoms with Crippen LogP contribution in [-0.2, 0) is 0 Å². The van der Waals surface area contributed by atoms with Gasteiger partial charge in [0.1, 0.15) is 0 Å². The highest BCUT2D eigenvalue weighted by molar-refractivity contribution is 7.26. The molecule has 2 heterocycles. The highest BCUT2D eigenvalue weighted by Gasteiger charge is 2.23. The van der Waals surface area contributed by atoms with Crippen molar-refractivity contribution >= 4 is 70.4 Å². The van der Waals surface area contributed by atoms with Gasteiger partial charge in [0.25, 0.3) is 0 Å². The van der Waals surface area contributed by atoms with E-state index in [2.05, 4.69) is 216 Å². The van der Waals surface area contributed by atoms with Crippen LogP contribution < -0.4 is 4.90 Å². The molecule has 0 saturated heterocycles. The van der Waals surface area contributed by atoms with E-state index in [0.29, 0.717) is 5.56 Å². The van der Waals surface area contributed by atoms with Crippen molar-refractivity contribution in [1.29, 1.82) is 5.26 Å². The molecule has 276 valence electrons. The minimum absolute atomic E-state index is 0.620. The number of rotatable bonds is 7. The summed E-state index contributed by atoms with van der Waals surface area (Å²) in [5.74, 6) is 0. The van der Waals surface area contributed by atoms with Crippen molar-refractivity contribution in [2.75, 3.05) is 4.90 Å². The molecular formula is C55H35N3S. The number of para-hydroxylation sites is 2. The first kappa shape index (κ1) is 34.5. The maximum absolute atomic E-state index is 9.88. The summed E-state index contributed by atoms with van der Waals surface area (Å²) in [5, 5.41) is 14.8. The fraction of sp³-hybridized carbons (Fsp3) is 0. The number of nitrogens with zero attached hydrogens (tertiary/aromatic N) is 3. The van der Waals surface area contributed by atoms with Crippen molar-refractivity contribution in [1.82, 2.24) is 4.57 Å². The second-order valence-corrected chi connectivity index (χ2v) is 15.9. The van der Waals surface area contributed by atoms with Crippen LogP contribution in [0, 0.1) is 11.3 Å². The molecule has 0 radical (unpaired) electrons. The number of thiophene rings is 1. The fourth-order valence-electron chi connectivity index (χ4n) is 8.71. The Hall–Kier alpha value is -7.71. The summed E-state index contributed by atoms with van der Waals surface area (Å²) in [6, 6.07) is 78.1. The zero-order valence-electron chi connectivity index (χ0n) is 32.0. The zero-order chi connectivity index (χ0) is 39.3. The minimum atomic E-state index is 0.620. The highest BCUT2D eigenvalue weighted by atomic mass is 32.1. The largest absolute Gasteiger partial charge is 0.310 e. The molecule has 0 saturated carbocycles. The second-order valence-electron chi connectivity index (χ2n) is 14.8. The molecule has 4 heteroatoms. The lowest BCUT2D eigenvalue weighted by molar-refractivity contribution is 1.18. The van der Waals surface area contributed by atoms with Gasteiger partial charge in [0, 0.05) is 59.0 Å². The van der Waals surface area contributed by atoms with Crippen molar-refractivity contribution in [3.63, 3.8) is 0 Å². The molecule has 0 spiro atoms. The van der Waals surface area contributed by atoms with Crippen LogP contribution in [0.3, 0.4) is 0 Å². The zero-order valence-corrected chi connectivity index (χ0v) is 32.8.